The number of hydrogen-bond acceptors (Lipinski definition) is 2. The number of hydrogen-bond donors (Lipinski definition) is 1. The number of para-hydroxylation sites is 3. The van der Waals surface area contributed by atoms with Crippen LogP contribution in [0.4, 0.5) is 0 Å². The van der Waals surface area contributed by atoms with Gasteiger partial charge in [0.2, 0.25) is 5.71 Å². The summed E-state index contributed by atoms with van der Waals surface area (Å²) >= 11 is 0. The average molecular weight is 644 g/mol. The van der Waals surface area contributed by atoms with E-state index in [1.807, 2.05) is 36.4 Å². The van der Waals surface area contributed by atoms with Crippen molar-refractivity contribution >= 4 is 84.0 Å². The average Bonchev–Trinajstić information content (AvgIpc) is 3.80. The Labute approximate surface area is 288 Å². The lowest BCUT2D eigenvalue weighted by molar-refractivity contribution is 0.567. The number of aromatic amines is 1. The van der Waals surface area contributed by atoms with E-state index in [0.717, 1.165) is 54.8 Å². The molecule has 0 radical (unpaired) electrons. The highest BCUT2D eigenvalue weighted by atomic mass is 16.3. The van der Waals surface area contributed by atoms with Gasteiger partial charge >= 0.3 is 0 Å². The molecule has 4 heterocycles. The smallest absolute Gasteiger partial charge is 0.227 e. The number of aryl methyl sites for hydroxylation is 1. The second-order valence-electron chi connectivity index (χ2n) is 12.7. The van der Waals surface area contributed by atoms with Gasteiger partial charge in [0.1, 0.15) is 5.42 Å². The van der Waals surface area contributed by atoms with E-state index in [-0.39, 0.29) is 0 Å². The maximum atomic E-state index is 6.07. The van der Waals surface area contributed by atoms with E-state index in [9.17, 15) is 0 Å². The van der Waals surface area contributed by atoms with Crippen LogP contribution >= 0.6 is 0 Å². The van der Waals surface area contributed by atoms with Crippen molar-refractivity contribution in [2.24, 2.45) is 0 Å². The third-order valence-corrected chi connectivity index (χ3v) is 9.60. The summed E-state index contributed by atoms with van der Waals surface area (Å²) in [6.07, 6.45) is 2.07. The number of allylic oxidation sites excluding steroid dienone is 1. The molecule has 0 saturated carbocycles. The predicted octanol–water partition coefficient (Wildman–Crippen LogP) is 10.7. The van der Waals surface area contributed by atoms with Gasteiger partial charge in [-0.15, -0.1) is 0 Å². The fourth-order valence-electron chi connectivity index (χ4n) is 7.19. The molecule has 4 aromatic heterocycles. The predicted molar refractivity (Wildman–Crippen MR) is 212 cm³/mol. The molecular formula is C46H33N3O. The van der Waals surface area contributed by atoms with E-state index in [4.69, 9.17) is 9.40 Å². The van der Waals surface area contributed by atoms with Gasteiger partial charge in [-0.05, 0) is 72.2 Å². The van der Waals surface area contributed by atoms with Gasteiger partial charge in [-0.25, -0.2) is 4.98 Å². The van der Waals surface area contributed by atoms with E-state index >= 15 is 0 Å². The van der Waals surface area contributed by atoms with Crippen molar-refractivity contribution in [3.8, 4) is 11.1 Å². The van der Waals surface area contributed by atoms with Crippen molar-refractivity contribution in [3.63, 3.8) is 0 Å². The second-order valence-corrected chi connectivity index (χ2v) is 12.7. The van der Waals surface area contributed by atoms with Crippen molar-refractivity contribution in [1.29, 1.82) is 0 Å². The van der Waals surface area contributed by atoms with E-state index in [1.54, 1.807) is 0 Å². The minimum absolute atomic E-state index is 0.581. The lowest BCUT2D eigenvalue weighted by atomic mass is 10.0. The summed E-state index contributed by atoms with van der Waals surface area (Å²) in [4.78, 5) is 8.37. The molecule has 0 spiro atoms. The highest BCUT2D eigenvalue weighted by Crippen LogP contribution is 2.36. The molecule has 6 aromatic carbocycles. The number of H-pyrrole nitrogens is 1. The molecule has 4 nitrogen and oxygen atoms in total. The quantitative estimate of drug-likeness (QED) is 0.208. The van der Waals surface area contributed by atoms with E-state index in [2.05, 4.69) is 145 Å². The molecule has 0 bridgehead atoms. The van der Waals surface area contributed by atoms with Crippen molar-refractivity contribution in [1.82, 2.24) is 14.5 Å². The van der Waals surface area contributed by atoms with Crippen LogP contribution in [0.1, 0.15) is 5.56 Å². The number of rotatable bonds is 3. The summed E-state index contributed by atoms with van der Waals surface area (Å²) in [5, 5.41) is 7.75. The number of fused-ring (bicyclic) bond motifs is 8. The summed E-state index contributed by atoms with van der Waals surface area (Å²) < 4.78 is 8.30. The first-order chi connectivity index (χ1) is 24.5. The van der Waals surface area contributed by atoms with Crippen LogP contribution in [0.15, 0.2) is 157 Å². The summed E-state index contributed by atoms with van der Waals surface area (Å²) in [6, 6.07) is 50.7. The van der Waals surface area contributed by atoms with E-state index in [1.165, 1.54) is 32.7 Å². The standard InChI is InChI=1S/C40H27N3O.C6H6/c1-23-9-8-10-28-22-34-31(25(3)44-40(34)42-39(23)28)19-24(2)43-37-14-7-5-12-30(37)33-21-27(16-18-38(33)43)26-15-17-36-32(20-26)29-11-4-6-13-35(29)41-36;1-2-4-6-5-3-1/h4-22,41H,2-3H2,1H3;1-6H/b31-19+;. The molecule has 10 aromatic rings. The van der Waals surface area contributed by atoms with Gasteiger partial charge in [0.25, 0.3) is 0 Å². The SMILES string of the molecule is C=C(/C=c1\c(=C)oc2nc3c(C)cccc3cc12)n1c2ccccc2c2cc(-c3ccc4[nH]c5ccccc5c4c3)ccc21.c1ccccc1. The summed E-state index contributed by atoms with van der Waals surface area (Å²) in [6.45, 7) is 10.8. The zero-order chi connectivity index (χ0) is 33.8. The Hall–Kier alpha value is -6.65. The molecule has 10 rings (SSSR count). The van der Waals surface area contributed by atoms with Crippen molar-refractivity contribution in [2.75, 3.05) is 0 Å². The van der Waals surface area contributed by atoms with Gasteiger partial charge in [0.05, 0.1) is 16.6 Å². The monoisotopic (exact) mass is 643 g/mol. The van der Waals surface area contributed by atoms with Gasteiger partial charge in [0, 0.05) is 54.3 Å². The topological polar surface area (TPSA) is 46.8 Å². The van der Waals surface area contributed by atoms with Crippen LogP contribution in [-0.2, 0) is 0 Å². The fraction of sp³-hybridized carbons (Fsp3) is 0.0217. The Morgan fingerprint density at radius 3 is 2.10 bits per heavy atom. The molecule has 0 unspecified atom stereocenters. The Morgan fingerprint density at radius 1 is 0.640 bits per heavy atom. The Morgan fingerprint density at radius 2 is 1.30 bits per heavy atom. The number of nitrogens with one attached hydrogen (secondary N) is 1. The van der Waals surface area contributed by atoms with Crippen molar-refractivity contribution in [2.45, 2.75) is 6.92 Å². The Balaban J connectivity index is 0.000000511. The summed E-state index contributed by atoms with van der Waals surface area (Å²) in [5.41, 5.74) is 10.9. The number of benzene rings is 6. The molecule has 0 atom stereocenters. The molecule has 0 aliphatic rings. The molecular weight excluding hydrogens is 611 g/mol. The molecule has 0 amide bonds. The summed E-state index contributed by atoms with van der Waals surface area (Å²) in [5.74, 6) is 0. The van der Waals surface area contributed by atoms with Crippen molar-refractivity contribution in [3.05, 3.63) is 168 Å². The number of pyridine rings is 1. The summed E-state index contributed by atoms with van der Waals surface area (Å²) in [7, 11) is 0. The van der Waals surface area contributed by atoms with Gasteiger partial charge in [-0.1, -0.05) is 116 Å². The highest BCUT2D eigenvalue weighted by Gasteiger charge is 2.15. The van der Waals surface area contributed by atoms with E-state index in [0.29, 0.717) is 11.1 Å². The first-order valence-electron chi connectivity index (χ1n) is 16.8. The number of aromatic nitrogens is 3. The van der Waals surface area contributed by atoms with Gasteiger partial charge in [-0.2, -0.15) is 0 Å². The minimum atomic E-state index is 0.581. The zero-order valence-electron chi connectivity index (χ0n) is 27.7. The van der Waals surface area contributed by atoms with Gasteiger partial charge < -0.3 is 14.0 Å². The largest absolute Gasteiger partial charge is 0.438 e. The maximum Gasteiger partial charge on any atom is 0.227 e. The van der Waals surface area contributed by atoms with Crippen LogP contribution in [-0.4, -0.2) is 14.5 Å². The van der Waals surface area contributed by atoms with Crippen molar-refractivity contribution < 1.29 is 4.42 Å². The van der Waals surface area contributed by atoms with Crippen LogP contribution in [0.25, 0.3) is 95.1 Å². The first kappa shape index (κ1) is 29.5. The van der Waals surface area contributed by atoms with E-state index < -0.39 is 0 Å². The molecule has 238 valence electrons. The number of nitrogens with zero attached hydrogens (tertiary/aromatic N) is 2. The van der Waals surface area contributed by atoms with Crippen LogP contribution in [0.2, 0.25) is 0 Å². The van der Waals surface area contributed by atoms with Crippen LogP contribution in [0.5, 0.6) is 0 Å². The second kappa shape index (κ2) is 11.8. The van der Waals surface area contributed by atoms with Gasteiger partial charge in [-0.3, -0.25) is 0 Å². The van der Waals surface area contributed by atoms with Crippen LogP contribution in [0, 0.1) is 6.92 Å². The molecule has 4 heteroatoms. The molecule has 0 aliphatic carbocycles. The Bertz CT molecular complexity index is 3010. The molecule has 1 N–H and O–H groups in total. The minimum Gasteiger partial charge on any atom is -0.438 e. The highest BCUT2D eigenvalue weighted by molar-refractivity contribution is 6.13. The molecule has 0 fully saturated rings. The van der Waals surface area contributed by atoms with Gasteiger partial charge in [0.15, 0.2) is 0 Å². The zero-order valence-corrected chi connectivity index (χ0v) is 27.7. The third kappa shape index (κ3) is 4.89. The fourth-order valence-corrected chi connectivity index (χ4v) is 7.19. The molecule has 0 aliphatic heterocycles. The Kier molecular flexibility index (Phi) is 6.96. The normalized spacial score (nSPS) is 12.0. The molecule has 50 heavy (non-hydrogen) atoms. The maximum absolute atomic E-state index is 6.07. The first-order valence-corrected chi connectivity index (χ1v) is 16.8. The molecule has 0 saturated heterocycles. The third-order valence-electron chi connectivity index (χ3n) is 9.60. The number of furan rings is 1. The van der Waals surface area contributed by atoms with Crippen LogP contribution in [0.3, 0.4) is 0 Å². The lowest BCUT2D eigenvalue weighted by Crippen LogP contribution is -2.18. The van der Waals surface area contributed by atoms with Crippen LogP contribution < -0.4 is 10.6 Å². The lowest BCUT2D eigenvalue weighted by Gasteiger charge is -2.08.